The molecule has 2 aliphatic rings. The van der Waals surface area contributed by atoms with Crippen molar-refractivity contribution in [3.63, 3.8) is 0 Å². The van der Waals surface area contributed by atoms with E-state index < -0.39 is 39.9 Å². The number of aromatic nitrogens is 4. The molecule has 0 bridgehead atoms. The molecule has 0 unspecified atom stereocenters. The van der Waals surface area contributed by atoms with Crippen LogP contribution in [-0.2, 0) is 37.1 Å². The molecule has 0 radical (unpaired) electrons. The summed E-state index contributed by atoms with van der Waals surface area (Å²) in [5, 5.41) is -0.377. The van der Waals surface area contributed by atoms with Gasteiger partial charge in [0.25, 0.3) is 0 Å². The van der Waals surface area contributed by atoms with Gasteiger partial charge in [0.15, 0.2) is 11.6 Å². The molecular weight excluding hydrogens is 1090 g/mol. The van der Waals surface area contributed by atoms with Gasteiger partial charge >= 0.3 is 12.2 Å². The molecule has 2 aliphatic heterocycles. The van der Waals surface area contributed by atoms with Crippen LogP contribution in [0.1, 0.15) is 58.8 Å². The Morgan fingerprint density at radius 2 is 1.19 bits per heavy atom. The number of pyridine rings is 2. The zero-order chi connectivity index (χ0) is 58.4. The maximum Gasteiger partial charge on any atom is 0.418 e. The topological polar surface area (TPSA) is 129 Å². The molecule has 8 aromatic rings. The zero-order valence-electron chi connectivity index (χ0n) is 47.3. The molecule has 10 rings (SSSR count). The van der Waals surface area contributed by atoms with E-state index in [1.54, 1.807) is 58.9 Å². The van der Waals surface area contributed by atoms with E-state index in [2.05, 4.69) is 9.80 Å². The molecule has 1 fully saturated rings. The van der Waals surface area contributed by atoms with Crippen molar-refractivity contribution < 1.29 is 50.7 Å². The first-order valence-corrected chi connectivity index (χ1v) is 27.6. The van der Waals surface area contributed by atoms with Crippen LogP contribution in [0.2, 0.25) is 5.02 Å². The Bertz CT molecular complexity index is 3420. The lowest BCUT2D eigenvalue weighted by Crippen LogP contribution is -2.44. The predicted octanol–water partition coefficient (Wildman–Crippen LogP) is 12.7. The summed E-state index contributed by atoms with van der Waals surface area (Å²) in [4.78, 5) is 27.7. The number of nitrogens with zero attached hydrogens (tertiary/aromatic N) is 8. The number of anilines is 3. The van der Waals surface area contributed by atoms with Crippen molar-refractivity contribution >= 4 is 40.0 Å². The number of morpholine rings is 1. The summed E-state index contributed by atoms with van der Waals surface area (Å²) < 4.78 is 106. The molecule has 0 amide bonds. The van der Waals surface area contributed by atoms with Gasteiger partial charge in [-0.1, -0.05) is 66.2 Å². The lowest BCUT2D eigenvalue weighted by molar-refractivity contribution is -0.137. The molecule has 20 heteroatoms. The van der Waals surface area contributed by atoms with Crippen LogP contribution in [-0.4, -0.2) is 105 Å². The SMILES string of the molecule is COc1ccc(CN(Cc2ccc(OC)cc2)c2cc(C)c(C(F)(F)F)c(-c3c(Cl)c4c5c(nc(OC[C@@H](C)N6CCOCC6)nc5c3F)N([C@H](C)c3cccnc3N(Cc3ccc(OC)cc3)Cc3ccc(OC)cc3)CCO4)n2)cc1. The largest absolute Gasteiger partial charge is 0.497 e. The Morgan fingerprint density at radius 3 is 1.70 bits per heavy atom. The molecule has 3 aromatic heterocycles. The van der Waals surface area contributed by atoms with Crippen LogP contribution in [0.15, 0.2) is 121 Å². The van der Waals surface area contributed by atoms with Crippen molar-refractivity contribution in [1.82, 2.24) is 24.8 Å². The Balaban J connectivity index is 1.13. The number of benzene rings is 5. The van der Waals surface area contributed by atoms with Crippen LogP contribution in [0, 0.1) is 12.7 Å². The highest BCUT2D eigenvalue weighted by molar-refractivity contribution is 6.36. The second-order valence-electron chi connectivity index (χ2n) is 20.5. The second kappa shape index (κ2) is 25.6. The van der Waals surface area contributed by atoms with E-state index >= 15 is 17.6 Å². The summed E-state index contributed by atoms with van der Waals surface area (Å²) in [5.74, 6) is 2.42. The number of hydrogen-bond donors (Lipinski definition) is 0. The van der Waals surface area contributed by atoms with E-state index in [-0.39, 0.29) is 78.8 Å². The highest BCUT2D eigenvalue weighted by atomic mass is 35.5. The monoisotopic (exact) mass is 1160 g/mol. The van der Waals surface area contributed by atoms with Crippen LogP contribution in [0.25, 0.3) is 22.2 Å². The molecule has 0 saturated carbocycles. The third-order valence-corrected chi connectivity index (χ3v) is 15.5. The van der Waals surface area contributed by atoms with Gasteiger partial charge in [0.2, 0.25) is 0 Å². The van der Waals surface area contributed by atoms with Gasteiger partial charge in [0, 0.05) is 57.1 Å². The number of aryl methyl sites for hydroxylation is 1. The summed E-state index contributed by atoms with van der Waals surface area (Å²) in [6.45, 7) is 9.28. The number of hydrogen-bond acceptors (Lipinski definition) is 15. The fourth-order valence-corrected chi connectivity index (χ4v) is 11.0. The number of methoxy groups -OCH3 is 4. The minimum Gasteiger partial charge on any atom is -0.497 e. The van der Waals surface area contributed by atoms with Crippen LogP contribution in [0.4, 0.5) is 35.0 Å². The maximum atomic E-state index is 18.5. The lowest BCUT2D eigenvalue weighted by Gasteiger charge is -2.34. The van der Waals surface area contributed by atoms with Gasteiger partial charge < -0.3 is 47.9 Å². The van der Waals surface area contributed by atoms with E-state index in [1.165, 1.54) is 13.0 Å². The molecule has 0 N–H and O–H groups in total. The number of rotatable bonds is 21. The van der Waals surface area contributed by atoms with Crippen molar-refractivity contribution in [3.8, 4) is 46.0 Å². The maximum absolute atomic E-state index is 18.5. The smallest absolute Gasteiger partial charge is 0.418 e. The van der Waals surface area contributed by atoms with E-state index in [1.807, 2.05) is 109 Å². The van der Waals surface area contributed by atoms with E-state index in [0.29, 0.717) is 56.7 Å². The van der Waals surface area contributed by atoms with Gasteiger partial charge in [-0.2, -0.15) is 23.1 Å². The summed E-state index contributed by atoms with van der Waals surface area (Å²) >= 11 is 7.40. The average Bonchev–Trinajstić information content (AvgIpc) is 3.99. The first-order chi connectivity index (χ1) is 40.1. The van der Waals surface area contributed by atoms with Crippen LogP contribution < -0.4 is 43.1 Å². The third kappa shape index (κ3) is 12.9. The lowest BCUT2D eigenvalue weighted by atomic mass is 9.98. The zero-order valence-corrected chi connectivity index (χ0v) is 48.1. The molecule has 15 nitrogen and oxygen atoms in total. The van der Waals surface area contributed by atoms with Crippen LogP contribution in [0.3, 0.4) is 0 Å². The standard InChI is InChI=1S/C63H65ClF4N8O7/c1-39-33-51(74(34-42-10-18-46(77-4)19-11-42)35-43-12-20-47(78-5)21-13-43)70-57(54(39)63(66,67)68)52-55(64)59-53-58(56(52)65)71-62(83-38-40(2)73-27-30-81-31-28-73)72-61(53)76(29-32-82-59)41(3)50-9-8-26-69-60(50)75(36-44-14-22-48(79-6)23-15-44)37-45-16-24-49(80-7)25-17-45/h8-26,33,40-41H,27-32,34-38H2,1-7H3/t40-,41-/m1/s1. The van der Waals surface area contributed by atoms with Gasteiger partial charge in [-0.15, -0.1) is 0 Å². The Kier molecular flexibility index (Phi) is 17.9. The van der Waals surface area contributed by atoms with Crippen molar-refractivity contribution in [1.29, 1.82) is 0 Å². The van der Waals surface area contributed by atoms with E-state index in [9.17, 15) is 0 Å². The number of halogens is 5. The molecule has 0 aliphatic carbocycles. The first-order valence-electron chi connectivity index (χ1n) is 27.3. The molecule has 83 heavy (non-hydrogen) atoms. The molecule has 5 heterocycles. The Labute approximate surface area is 485 Å². The Morgan fingerprint density at radius 1 is 0.675 bits per heavy atom. The number of alkyl halides is 3. The Hall–Kier alpha value is -8.13. The third-order valence-electron chi connectivity index (χ3n) is 15.1. The molecule has 5 aromatic carbocycles. The fourth-order valence-electron chi connectivity index (χ4n) is 10.7. The fraction of sp³-hybridized carbons (Fsp3) is 0.333. The second-order valence-corrected chi connectivity index (χ2v) is 20.8. The normalized spacial score (nSPS) is 14.3. The molecule has 1 saturated heterocycles. The highest BCUT2D eigenvalue weighted by Crippen LogP contribution is 2.51. The summed E-state index contributed by atoms with van der Waals surface area (Å²) in [6, 6.07) is 34.6. The van der Waals surface area contributed by atoms with Gasteiger partial charge in [-0.05, 0) is 109 Å². The van der Waals surface area contributed by atoms with Crippen molar-refractivity contribution in [2.45, 2.75) is 65.2 Å². The number of ether oxygens (including phenoxy) is 7. The van der Waals surface area contributed by atoms with E-state index in [4.69, 9.17) is 64.7 Å². The summed E-state index contributed by atoms with van der Waals surface area (Å²) in [5.41, 5.74) is 1.28. The van der Waals surface area contributed by atoms with Gasteiger partial charge in [-0.25, -0.2) is 14.4 Å². The minimum absolute atomic E-state index is 0.0437. The van der Waals surface area contributed by atoms with Gasteiger partial charge in [-0.3, -0.25) is 4.90 Å². The minimum atomic E-state index is -5.02. The molecule has 0 spiro atoms. The quantitative estimate of drug-likeness (QED) is 0.0632. The van der Waals surface area contributed by atoms with Crippen molar-refractivity contribution in [2.24, 2.45) is 0 Å². The molecule has 2 atom stereocenters. The van der Waals surface area contributed by atoms with Crippen molar-refractivity contribution in [3.05, 3.63) is 171 Å². The van der Waals surface area contributed by atoms with E-state index in [0.717, 1.165) is 39.3 Å². The first kappa shape index (κ1) is 58.1. The van der Waals surface area contributed by atoms with Gasteiger partial charge in [0.05, 0.1) is 81.5 Å². The molecule has 434 valence electrons. The van der Waals surface area contributed by atoms with Crippen LogP contribution >= 0.6 is 11.6 Å². The highest BCUT2D eigenvalue weighted by Gasteiger charge is 2.41. The predicted molar refractivity (Wildman–Crippen MR) is 312 cm³/mol. The van der Waals surface area contributed by atoms with Crippen molar-refractivity contribution in [2.75, 3.05) is 89.2 Å². The summed E-state index contributed by atoms with van der Waals surface area (Å²) in [6.07, 6.45) is -3.29. The average molecular weight is 1160 g/mol. The van der Waals surface area contributed by atoms with Gasteiger partial charge in [0.1, 0.15) is 59.2 Å². The summed E-state index contributed by atoms with van der Waals surface area (Å²) in [7, 11) is 6.37. The van der Waals surface area contributed by atoms with Crippen LogP contribution in [0.5, 0.6) is 34.8 Å². The molecular formula is C63H65ClF4N8O7.